The zero-order valence-corrected chi connectivity index (χ0v) is 15.8. The van der Waals surface area contributed by atoms with Crippen molar-refractivity contribution in [1.29, 1.82) is 0 Å². The number of hydrogen-bond acceptors (Lipinski definition) is 5. The molecule has 1 fully saturated rings. The van der Waals surface area contributed by atoms with Crippen LogP contribution in [0.2, 0.25) is 0 Å². The van der Waals surface area contributed by atoms with Gasteiger partial charge in [0, 0.05) is 35.5 Å². The predicted molar refractivity (Wildman–Crippen MR) is 107 cm³/mol. The van der Waals surface area contributed by atoms with Crippen LogP contribution in [0.25, 0.3) is 22.0 Å². The van der Waals surface area contributed by atoms with Crippen molar-refractivity contribution in [2.45, 2.75) is 33.6 Å². The van der Waals surface area contributed by atoms with E-state index in [2.05, 4.69) is 34.1 Å². The maximum Gasteiger partial charge on any atom is 0.229 e. The number of nitrogens with one attached hydrogen (secondary N) is 1. The summed E-state index contributed by atoms with van der Waals surface area (Å²) in [6, 6.07) is 5.75. The molecule has 3 aromatic heterocycles. The zero-order valence-electron chi connectivity index (χ0n) is 15.8. The van der Waals surface area contributed by atoms with Gasteiger partial charge in [-0.25, -0.2) is 9.97 Å². The fourth-order valence-electron chi connectivity index (χ4n) is 3.53. The van der Waals surface area contributed by atoms with E-state index in [-0.39, 0.29) is 17.2 Å². The SMILES string of the molecule is CC[C@]1(C)C[C@H]1C(=O)Nc1cc2cc(-c3cnccc3C)nc(N)c2cn1. The van der Waals surface area contributed by atoms with Crippen LogP contribution in [0.3, 0.4) is 0 Å². The number of aromatic nitrogens is 3. The van der Waals surface area contributed by atoms with E-state index in [1.165, 1.54) is 0 Å². The molecule has 3 N–H and O–H groups in total. The number of hydrogen-bond donors (Lipinski definition) is 2. The second-order valence-electron chi connectivity index (χ2n) is 7.63. The van der Waals surface area contributed by atoms with Crippen molar-refractivity contribution in [2.75, 3.05) is 11.1 Å². The van der Waals surface area contributed by atoms with Crippen LogP contribution in [0.4, 0.5) is 11.6 Å². The molecule has 138 valence electrons. The number of nitrogen functional groups attached to an aromatic ring is 1. The number of rotatable bonds is 4. The molecule has 0 aromatic carbocycles. The standard InChI is InChI=1S/C21H23N5O/c1-4-21(3)9-16(21)20(27)26-18-8-13-7-17(14-10-23-6-5-12(14)2)25-19(22)15(13)11-24-18/h5-8,10-11,16H,4,9H2,1-3H3,(H2,22,25)(H,24,26,27)/t16-,21+/m0/s1. The van der Waals surface area contributed by atoms with Crippen molar-refractivity contribution in [2.24, 2.45) is 11.3 Å². The van der Waals surface area contributed by atoms with Crippen LogP contribution in [0.1, 0.15) is 32.3 Å². The lowest BCUT2D eigenvalue weighted by Crippen LogP contribution is -2.18. The first-order chi connectivity index (χ1) is 12.9. The summed E-state index contributed by atoms with van der Waals surface area (Å²) in [5.74, 6) is 1.06. The molecule has 0 saturated heterocycles. The molecule has 0 radical (unpaired) electrons. The first-order valence-electron chi connectivity index (χ1n) is 9.19. The van der Waals surface area contributed by atoms with Crippen molar-refractivity contribution in [3.05, 3.63) is 42.4 Å². The summed E-state index contributed by atoms with van der Waals surface area (Å²) in [6.45, 7) is 6.29. The molecular formula is C21H23N5O. The summed E-state index contributed by atoms with van der Waals surface area (Å²) in [5.41, 5.74) is 9.04. The molecule has 1 saturated carbocycles. The van der Waals surface area contributed by atoms with Crippen molar-refractivity contribution in [1.82, 2.24) is 15.0 Å². The Kier molecular flexibility index (Phi) is 4.06. The highest BCUT2D eigenvalue weighted by Gasteiger charge is 2.52. The highest BCUT2D eigenvalue weighted by atomic mass is 16.2. The number of carbonyl (C=O) groups excluding carboxylic acids is 1. The Labute approximate surface area is 158 Å². The number of pyridine rings is 3. The minimum atomic E-state index is 0.0385. The predicted octanol–water partition coefficient (Wildman–Crippen LogP) is 3.96. The molecule has 0 bridgehead atoms. The third-order valence-corrected chi connectivity index (χ3v) is 5.79. The Balaban J connectivity index is 1.67. The van der Waals surface area contributed by atoms with E-state index in [9.17, 15) is 4.79 Å². The average Bonchev–Trinajstić information content (AvgIpc) is 3.34. The van der Waals surface area contributed by atoms with Gasteiger partial charge in [-0.2, -0.15) is 0 Å². The lowest BCUT2D eigenvalue weighted by Gasteiger charge is -2.11. The van der Waals surface area contributed by atoms with Crippen molar-refractivity contribution in [3.8, 4) is 11.3 Å². The van der Waals surface area contributed by atoms with Gasteiger partial charge in [-0.3, -0.25) is 9.78 Å². The number of nitrogens with two attached hydrogens (primary N) is 1. The van der Waals surface area contributed by atoms with Gasteiger partial charge in [0.15, 0.2) is 0 Å². The number of anilines is 2. The van der Waals surface area contributed by atoms with Crippen LogP contribution >= 0.6 is 0 Å². The molecule has 1 aliphatic carbocycles. The molecule has 3 heterocycles. The topological polar surface area (TPSA) is 93.8 Å². The van der Waals surface area contributed by atoms with Crippen LogP contribution < -0.4 is 11.1 Å². The monoisotopic (exact) mass is 361 g/mol. The first kappa shape index (κ1) is 17.4. The van der Waals surface area contributed by atoms with E-state index >= 15 is 0 Å². The van der Waals surface area contributed by atoms with Crippen molar-refractivity contribution >= 4 is 28.3 Å². The number of amides is 1. The third kappa shape index (κ3) is 3.12. The zero-order chi connectivity index (χ0) is 19.2. The fraction of sp³-hybridized carbons (Fsp3) is 0.333. The van der Waals surface area contributed by atoms with Crippen molar-refractivity contribution < 1.29 is 4.79 Å². The number of carbonyl (C=O) groups is 1. The van der Waals surface area contributed by atoms with Crippen LogP contribution in [0, 0.1) is 18.3 Å². The fourth-order valence-corrected chi connectivity index (χ4v) is 3.53. The minimum Gasteiger partial charge on any atom is -0.383 e. The summed E-state index contributed by atoms with van der Waals surface area (Å²) < 4.78 is 0. The van der Waals surface area contributed by atoms with E-state index < -0.39 is 0 Å². The quantitative estimate of drug-likeness (QED) is 0.733. The van der Waals surface area contributed by atoms with E-state index in [0.717, 1.165) is 40.4 Å². The van der Waals surface area contributed by atoms with Gasteiger partial charge in [0.1, 0.15) is 11.6 Å². The summed E-state index contributed by atoms with van der Waals surface area (Å²) in [6.07, 6.45) is 7.14. The van der Waals surface area contributed by atoms with Gasteiger partial charge in [0.25, 0.3) is 0 Å². The van der Waals surface area contributed by atoms with E-state index in [1.54, 1.807) is 18.6 Å². The summed E-state index contributed by atoms with van der Waals surface area (Å²) >= 11 is 0. The Morgan fingerprint density at radius 3 is 2.89 bits per heavy atom. The molecule has 4 rings (SSSR count). The van der Waals surface area contributed by atoms with Gasteiger partial charge in [0.05, 0.1) is 5.69 Å². The second kappa shape index (κ2) is 6.30. The Morgan fingerprint density at radius 1 is 1.37 bits per heavy atom. The number of nitrogens with zero attached hydrogens (tertiary/aromatic N) is 3. The lowest BCUT2D eigenvalue weighted by atomic mass is 10.0. The van der Waals surface area contributed by atoms with Crippen molar-refractivity contribution in [3.63, 3.8) is 0 Å². The Bertz CT molecular complexity index is 1050. The molecular weight excluding hydrogens is 338 g/mol. The maximum absolute atomic E-state index is 12.5. The van der Waals surface area contributed by atoms with Gasteiger partial charge in [-0.05, 0) is 54.3 Å². The van der Waals surface area contributed by atoms with Gasteiger partial charge in [-0.1, -0.05) is 13.8 Å². The Hall–Kier alpha value is -3.02. The van der Waals surface area contributed by atoms with Gasteiger partial charge >= 0.3 is 0 Å². The highest BCUT2D eigenvalue weighted by molar-refractivity contribution is 5.98. The maximum atomic E-state index is 12.5. The Morgan fingerprint density at radius 2 is 2.19 bits per heavy atom. The molecule has 27 heavy (non-hydrogen) atoms. The lowest BCUT2D eigenvalue weighted by molar-refractivity contribution is -0.118. The molecule has 1 aliphatic rings. The summed E-state index contributed by atoms with van der Waals surface area (Å²) in [7, 11) is 0. The minimum absolute atomic E-state index is 0.0385. The largest absolute Gasteiger partial charge is 0.383 e. The molecule has 3 aromatic rings. The summed E-state index contributed by atoms with van der Waals surface area (Å²) in [5, 5.41) is 4.61. The molecule has 6 heteroatoms. The normalized spacial score (nSPS) is 21.2. The van der Waals surface area contributed by atoms with E-state index in [0.29, 0.717) is 11.6 Å². The van der Waals surface area contributed by atoms with E-state index in [4.69, 9.17) is 5.73 Å². The highest BCUT2D eigenvalue weighted by Crippen LogP contribution is 2.55. The van der Waals surface area contributed by atoms with Gasteiger partial charge in [-0.15, -0.1) is 0 Å². The molecule has 1 amide bonds. The molecule has 0 unspecified atom stereocenters. The molecule has 0 spiro atoms. The van der Waals surface area contributed by atoms with Gasteiger partial charge < -0.3 is 11.1 Å². The molecule has 0 aliphatic heterocycles. The number of fused-ring (bicyclic) bond motifs is 1. The average molecular weight is 361 g/mol. The molecule has 2 atom stereocenters. The molecule has 6 nitrogen and oxygen atoms in total. The summed E-state index contributed by atoms with van der Waals surface area (Å²) in [4.78, 5) is 25.5. The smallest absolute Gasteiger partial charge is 0.229 e. The van der Waals surface area contributed by atoms with E-state index in [1.807, 2.05) is 25.1 Å². The van der Waals surface area contributed by atoms with Crippen LogP contribution in [0.15, 0.2) is 36.8 Å². The first-order valence-corrected chi connectivity index (χ1v) is 9.19. The number of aryl methyl sites for hydroxylation is 1. The van der Waals surface area contributed by atoms with Gasteiger partial charge in [0.2, 0.25) is 5.91 Å². The third-order valence-electron chi connectivity index (χ3n) is 5.79. The van der Waals surface area contributed by atoms with Crippen LogP contribution in [0.5, 0.6) is 0 Å². The van der Waals surface area contributed by atoms with Crippen LogP contribution in [-0.2, 0) is 4.79 Å². The second-order valence-corrected chi connectivity index (χ2v) is 7.63. The van der Waals surface area contributed by atoms with Crippen LogP contribution in [-0.4, -0.2) is 20.9 Å².